The average molecular weight is 258 g/mol. The van der Waals surface area contributed by atoms with E-state index in [9.17, 15) is 0 Å². The van der Waals surface area contributed by atoms with Crippen LogP contribution in [0.5, 0.6) is 11.5 Å². The lowest BCUT2D eigenvalue weighted by Gasteiger charge is -2.11. The Morgan fingerprint density at radius 1 is 1.05 bits per heavy atom. The van der Waals surface area contributed by atoms with Gasteiger partial charge < -0.3 is 14.8 Å². The summed E-state index contributed by atoms with van der Waals surface area (Å²) in [5.41, 5.74) is 1.09. The Labute approximate surface area is 113 Å². The molecule has 0 unspecified atom stereocenters. The number of pyridine rings is 1. The highest BCUT2D eigenvalue weighted by atomic mass is 16.5. The summed E-state index contributed by atoms with van der Waals surface area (Å²) in [6.07, 6.45) is 3.50. The molecule has 0 saturated heterocycles. The monoisotopic (exact) mass is 258 g/mol. The van der Waals surface area contributed by atoms with Gasteiger partial charge in [0.05, 0.1) is 6.20 Å². The number of benzene rings is 1. The Morgan fingerprint density at radius 3 is 2.63 bits per heavy atom. The highest BCUT2D eigenvalue weighted by molar-refractivity contribution is 5.29. The van der Waals surface area contributed by atoms with Gasteiger partial charge >= 0.3 is 0 Å². The number of hydrogen-bond acceptors (Lipinski definition) is 4. The predicted molar refractivity (Wildman–Crippen MR) is 74.4 cm³/mol. The standard InChI is InChI=1S/C15H18N2O2/c1-16-11-13-7-8-17-12-15(13)19-10-9-18-14-5-3-2-4-6-14/h2-8,12,16H,9-11H2,1H3. The van der Waals surface area contributed by atoms with Crippen LogP contribution in [0.25, 0.3) is 0 Å². The second-order valence-corrected chi connectivity index (χ2v) is 4.02. The molecule has 0 spiro atoms. The van der Waals surface area contributed by atoms with Gasteiger partial charge in [0.2, 0.25) is 0 Å². The third kappa shape index (κ3) is 4.26. The maximum atomic E-state index is 5.68. The quantitative estimate of drug-likeness (QED) is 0.774. The number of nitrogens with one attached hydrogen (secondary N) is 1. The first kappa shape index (κ1) is 13.4. The number of aromatic nitrogens is 1. The van der Waals surface area contributed by atoms with Gasteiger partial charge in [0.15, 0.2) is 0 Å². The van der Waals surface area contributed by atoms with Crippen molar-refractivity contribution < 1.29 is 9.47 Å². The van der Waals surface area contributed by atoms with Gasteiger partial charge in [-0.3, -0.25) is 4.98 Å². The zero-order valence-corrected chi connectivity index (χ0v) is 11.0. The molecule has 4 nitrogen and oxygen atoms in total. The number of ether oxygens (including phenoxy) is 2. The molecule has 0 radical (unpaired) electrons. The van der Waals surface area contributed by atoms with Gasteiger partial charge in [-0.2, -0.15) is 0 Å². The van der Waals surface area contributed by atoms with E-state index in [2.05, 4.69) is 10.3 Å². The Kier molecular flexibility index (Phi) is 5.19. The molecule has 100 valence electrons. The van der Waals surface area contributed by atoms with Crippen LogP contribution in [0.4, 0.5) is 0 Å². The van der Waals surface area contributed by atoms with Crippen molar-refractivity contribution in [2.45, 2.75) is 6.54 Å². The number of hydrogen-bond donors (Lipinski definition) is 1. The fourth-order valence-corrected chi connectivity index (χ4v) is 1.70. The summed E-state index contributed by atoms with van der Waals surface area (Å²) in [5.74, 6) is 1.65. The summed E-state index contributed by atoms with van der Waals surface area (Å²) in [5, 5.41) is 3.10. The summed E-state index contributed by atoms with van der Waals surface area (Å²) in [4.78, 5) is 4.07. The van der Waals surface area contributed by atoms with Gasteiger partial charge in [-0.1, -0.05) is 18.2 Å². The van der Waals surface area contributed by atoms with E-state index >= 15 is 0 Å². The van der Waals surface area contributed by atoms with Crippen molar-refractivity contribution in [3.8, 4) is 11.5 Å². The first-order valence-electron chi connectivity index (χ1n) is 6.28. The molecule has 0 fully saturated rings. The smallest absolute Gasteiger partial charge is 0.142 e. The highest BCUT2D eigenvalue weighted by Gasteiger charge is 2.02. The lowest BCUT2D eigenvalue weighted by Crippen LogP contribution is -2.12. The molecule has 2 rings (SSSR count). The first-order valence-corrected chi connectivity index (χ1v) is 6.28. The van der Waals surface area contributed by atoms with Crippen LogP contribution < -0.4 is 14.8 Å². The minimum Gasteiger partial charge on any atom is -0.490 e. The third-order valence-corrected chi connectivity index (χ3v) is 2.59. The van der Waals surface area contributed by atoms with Crippen LogP contribution in [0.3, 0.4) is 0 Å². The van der Waals surface area contributed by atoms with Crippen molar-refractivity contribution in [1.82, 2.24) is 10.3 Å². The first-order chi connectivity index (χ1) is 9.40. The molecule has 0 aliphatic heterocycles. The maximum Gasteiger partial charge on any atom is 0.142 e. The van der Waals surface area contributed by atoms with Crippen molar-refractivity contribution in [3.05, 3.63) is 54.4 Å². The molecule has 0 aliphatic rings. The SMILES string of the molecule is CNCc1ccncc1OCCOc1ccccc1. The molecule has 1 N–H and O–H groups in total. The van der Waals surface area contributed by atoms with Crippen molar-refractivity contribution in [2.24, 2.45) is 0 Å². The molecule has 4 heteroatoms. The van der Waals surface area contributed by atoms with E-state index in [0.717, 1.165) is 23.6 Å². The second-order valence-electron chi connectivity index (χ2n) is 4.02. The lowest BCUT2D eigenvalue weighted by molar-refractivity contribution is 0.215. The predicted octanol–water partition coefficient (Wildman–Crippen LogP) is 2.26. The van der Waals surface area contributed by atoms with Crippen LogP contribution in [0, 0.1) is 0 Å². The summed E-state index contributed by atoms with van der Waals surface area (Å²) in [7, 11) is 1.91. The molecular weight excluding hydrogens is 240 g/mol. The Bertz CT molecular complexity index is 489. The number of rotatable bonds is 7. The van der Waals surface area contributed by atoms with Crippen LogP contribution in [0.15, 0.2) is 48.8 Å². The van der Waals surface area contributed by atoms with Gasteiger partial charge in [-0.25, -0.2) is 0 Å². The highest BCUT2D eigenvalue weighted by Crippen LogP contribution is 2.16. The molecule has 1 aromatic heterocycles. The molecule has 0 bridgehead atoms. The van der Waals surface area contributed by atoms with Gasteiger partial charge in [0, 0.05) is 18.3 Å². The van der Waals surface area contributed by atoms with Crippen LogP contribution in [-0.4, -0.2) is 25.2 Å². The normalized spacial score (nSPS) is 10.2. The van der Waals surface area contributed by atoms with Crippen molar-refractivity contribution in [3.63, 3.8) is 0 Å². The Balaban J connectivity index is 1.79. The average Bonchev–Trinajstić information content (AvgIpc) is 2.47. The summed E-state index contributed by atoms with van der Waals surface area (Å²) in [6, 6.07) is 11.7. The summed E-state index contributed by atoms with van der Waals surface area (Å²) < 4.78 is 11.3. The van der Waals surface area contributed by atoms with Gasteiger partial charge in [0.25, 0.3) is 0 Å². The number of para-hydroxylation sites is 1. The zero-order valence-electron chi connectivity index (χ0n) is 11.0. The van der Waals surface area contributed by atoms with E-state index in [4.69, 9.17) is 9.47 Å². The lowest BCUT2D eigenvalue weighted by atomic mass is 10.2. The molecule has 0 aliphatic carbocycles. The molecule has 1 heterocycles. The Hall–Kier alpha value is -2.07. The molecule has 1 aromatic carbocycles. The third-order valence-electron chi connectivity index (χ3n) is 2.59. The maximum absolute atomic E-state index is 5.68. The van der Waals surface area contributed by atoms with Crippen LogP contribution >= 0.6 is 0 Å². The van der Waals surface area contributed by atoms with Crippen molar-refractivity contribution in [1.29, 1.82) is 0 Å². The minimum atomic E-state index is 0.497. The van der Waals surface area contributed by atoms with E-state index < -0.39 is 0 Å². The molecule has 19 heavy (non-hydrogen) atoms. The molecule has 0 atom stereocenters. The van der Waals surface area contributed by atoms with E-state index in [0.29, 0.717) is 13.2 Å². The van der Waals surface area contributed by atoms with E-state index in [-0.39, 0.29) is 0 Å². The molecule has 0 amide bonds. The molecule has 0 saturated carbocycles. The van der Waals surface area contributed by atoms with E-state index in [1.807, 2.05) is 43.4 Å². The topological polar surface area (TPSA) is 43.4 Å². The summed E-state index contributed by atoms with van der Waals surface area (Å²) >= 11 is 0. The van der Waals surface area contributed by atoms with E-state index in [1.54, 1.807) is 12.4 Å². The summed E-state index contributed by atoms with van der Waals surface area (Å²) in [6.45, 7) is 1.77. The van der Waals surface area contributed by atoms with E-state index in [1.165, 1.54) is 0 Å². The fourth-order valence-electron chi connectivity index (χ4n) is 1.70. The second kappa shape index (κ2) is 7.38. The molecular formula is C15H18N2O2. The largest absolute Gasteiger partial charge is 0.490 e. The van der Waals surface area contributed by atoms with Crippen LogP contribution in [0.2, 0.25) is 0 Å². The number of nitrogens with zero attached hydrogens (tertiary/aromatic N) is 1. The van der Waals surface area contributed by atoms with Gasteiger partial charge in [-0.15, -0.1) is 0 Å². The minimum absolute atomic E-state index is 0.497. The van der Waals surface area contributed by atoms with Crippen molar-refractivity contribution in [2.75, 3.05) is 20.3 Å². The van der Waals surface area contributed by atoms with Crippen LogP contribution in [0.1, 0.15) is 5.56 Å². The zero-order chi connectivity index (χ0) is 13.3. The van der Waals surface area contributed by atoms with Gasteiger partial charge in [-0.05, 0) is 25.2 Å². The van der Waals surface area contributed by atoms with Gasteiger partial charge in [0.1, 0.15) is 24.7 Å². The van der Waals surface area contributed by atoms with Crippen LogP contribution in [-0.2, 0) is 6.54 Å². The fraction of sp³-hybridized carbons (Fsp3) is 0.267. The molecule has 2 aromatic rings. The van der Waals surface area contributed by atoms with Crippen molar-refractivity contribution >= 4 is 0 Å². The Morgan fingerprint density at radius 2 is 1.84 bits per heavy atom.